The molecular weight excluding hydrogens is 467 g/mol. The fraction of sp³-hybridized carbons (Fsp3) is 0.529. The quantitative estimate of drug-likeness (QED) is 0.315. The summed E-state index contributed by atoms with van der Waals surface area (Å²) in [6.07, 6.45) is 0.605. The smallest absolute Gasteiger partial charge is 0.251 e. The van der Waals surface area contributed by atoms with Gasteiger partial charge in [0.1, 0.15) is 0 Å². The highest BCUT2D eigenvalue weighted by Crippen LogP contribution is 2.11. The molecule has 0 radical (unpaired) electrons. The number of carbonyl (C=O) groups excluding carboxylic acids is 1. The number of hydrogen-bond acceptors (Lipinski definition) is 4. The molecule has 146 valence electrons. The monoisotopic (exact) mass is 494 g/mol. The number of halogens is 1. The van der Waals surface area contributed by atoms with Gasteiger partial charge in [-0.05, 0) is 38.0 Å². The Morgan fingerprint density at radius 1 is 1.15 bits per heavy atom. The van der Waals surface area contributed by atoms with E-state index in [4.69, 9.17) is 0 Å². The number of carbonyl (C=O) groups is 1. The number of sulfone groups is 1. The Balaban J connectivity index is 0.00000338. The van der Waals surface area contributed by atoms with Gasteiger partial charge in [-0.15, -0.1) is 24.0 Å². The normalized spacial score (nSPS) is 18.7. The largest absolute Gasteiger partial charge is 0.357 e. The molecule has 1 aromatic rings. The molecule has 1 atom stereocenters. The Kier molecular flexibility index (Phi) is 9.34. The number of nitrogens with zero attached hydrogens (tertiary/aromatic N) is 1. The molecule has 1 fully saturated rings. The van der Waals surface area contributed by atoms with Crippen LogP contribution in [-0.4, -0.2) is 50.9 Å². The number of rotatable bonds is 6. The van der Waals surface area contributed by atoms with E-state index in [-0.39, 0.29) is 47.4 Å². The molecule has 0 aliphatic carbocycles. The molecule has 0 aromatic heterocycles. The van der Waals surface area contributed by atoms with Gasteiger partial charge in [0.2, 0.25) is 0 Å². The Bertz CT molecular complexity index is 720. The summed E-state index contributed by atoms with van der Waals surface area (Å²) in [5.41, 5.74) is 1.60. The van der Waals surface area contributed by atoms with Crippen molar-refractivity contribution in [2.75, 3.05) is 24.6 Å². The maximum atomic E-state index is 11.7. The maximum absolute atomic E-state index is 11.7. The van der Waals surface area contributed by atoms with Gasteiger partial charge in [-0.2, -0.15) is 0 Å². The van der Waals surface area contributed by atoms with Crippen LogP contribution in [0.25, 0.3) is 0 Å². The summed E-state index contributed by atoms with van der Waals surface area (Å²) in [6.45, 7) is 5.58. The number of nitrogens with one attached hydrogen (secondary N) is 3. The zero-order valence-electron chi connectivity index (χ0n) is 15.1. The minimum atomic E-state index is -2.92. The van der Waals surface area contributed by atoms with E-state index in [1.807, 2.05) is 26.0 Å². The summed E-state index contributed by atoms with van der Waals surface area (Å²) < 4.78 is 23.1. The number of hydrogen-bond donors (Lipinski definition) is 3. The summed E-state index contributed by atoms with van der Waals surface area (Å²) in [7, 11) is -2.92. The molecule has 26 heavy (non-hydrogen) atoms. The van der Waals surface area contributed by atoms with Gasteiger partial charge in [-0.3, -0.25) is 4.79 Å². The minimum absolute atomic E-state index is 0. The zero-order chi connectivity index (χ0) is 18.3. The molecule has 1 aliphatic rings. The van der Waals surface area contributed by atoms with Crippen LogP contribution in [-0.2, 0) is 16.4 Å². The minimum Gasteiger partial charge on any atom is -0.357 e. The summed E-state index contributed by atoms with van der Waals surface area (Å²) in [4.78, 5) is 16.3. The van der Waals surface area contributed by atoms with E-state index >= 15 is 0 Å². The van der Waals surface area contributed by atoms with Crippen LogP contribution >= 0.6 is 24.0 Å². The van der Waals surface area contributed by atoms with E-state index in [0.717, 1.165) is 5.56 Å². The fourth-order valence-corrected chi connectivity index (χ4v) is 4.29. The third-order valence-corrected chi connectivity index (χ3v) is 5.66. The lowest BCUT2D eigenvalue weighted by Crippen LogP contribution is -2.44. The highest BCUT2D eigenvalue weighted by atomic mass is 127. The van der Waals surface area contributed by atoms with Gasteiger partial charge < -0.3 is 16.0 Å². The summed E-state index contributed by atoms with van der Waals surface area (Å²) in [5.74, 6) is 0.900. The van der Waals surface area contributed by atoms with E-state index in [0.29, 0.717) is 37.6 Å². The predicted molar refractivity (Wildman–Crippen MR) is 115 cm³/mol. The standard InChI is InChI=1S/C17H26N4O3S.HI/c1-3-18-16(22)14-7-5-13(6-8-14)11-20-17(19-4-2)21-15-9-10-25(23,24)12-15;/h5-8,15H,3-4,9-12H2,1-2H3,(H,18,22)(H2,19,20,21);1H. The van der Waals surface area contributed by atoms with Gasteiger partial charge in [0, 0.05) is 24.7 Å². The first-order valence-electron chi connectivity index (χ1n) is 8.56. The topological polar surface area (TPSA) is 99.7 Å². The molecule has 3 N–H and O–H groups in total. The molecule has 1 heterocycles. The SMILES string of the molecule is CCNC(=O)c1ccc(CN=C(NCC)NC2CCS(=O)(=O)C2)cc1.I. The first kappa shape index (κ1) is 22.7. The first-order chi connectivity index (χ1) is 11.9. The molecular formula is C17H27IN4O3S. The van der Waals surface area contributed by atoms with Crippen molar-refractivity contribution >= 4 is 45.7 Å². The second-order valence-electron chi connectivity index (χ2n) is 6.00. The van der Waals surface area contributed by atoms with Crippen LogP contribution in [0, 0.1) is 0 Å². The lowest BCUT2D eigenvalue weighted by atomic mass is 10.1. The van der Waals surface area contributed by atoms with Gasteiger partial charge >= 0.3 is 0 Å². The van der Waals surface area contributed by atoms with Crippen LogP contribution in [0.1, 0.15) is 36.2 Å². The van der Waals surface area contributed by atoms with Crippen LogP contribution in [0.15, 0.2) is 29.3 Å². The summed E-state index contributed by atoms with van der Waals surface area (Å²) in [5, 5.41) is 9.08. The maximum Gasteiger partial charge on any atom is 0.251 e. The fourth-order valence-electron chi connectivity index (χ4n) is 2.62. The highest BCUT2D eigenvalue weighted by Gasteiger charge is 2.28. The molecule has 0 bridgehead atoms. The number of amides is 1. The average Bonchev–Trinajstić information content (AvgIpc) is 2.92. The number of benzene rings is 1. The van der Waals surface area contributed by atoms with Gasteiger partial charge in [-0.1, -0.05) is 12.1 Å². The van der Waals surface area contributed by atoms with Gasteiger partial charge in [0.25, 0.3) is 5.91 Å². The Hall–Kier alpha value is -1.36. The predicted octanol–water partition coefficient (Wildman–Crippen LogP) is 1.30. The molecule has 1 saturated heterocycles. The summed E-state index contributed by atoms with van der Waals surface area (Å²) >= 11 is 0. The lowest BCUT2D eigenvalue weighted by Gasteiger charge is -2.15. The van der Waals surface area contributed by atoms with Crippen molar-refractivity contribution in [1.29, 1.82) is 0 Å². The molecule has 1 aromatic carbocycles. The second kappa shape index (κ2) is 10.7. The zero-order valence-corrected chi connectivity index (χ0v) is 18.3. The number of guanidine groups is 1. The Morgan fingerprint density at radius 2 is 1.81 bits per heavy atom. The molecule has 7 nitrogen and oxygen atoms in total. The van der Waals surface area contributed by atoms with E-state index in [1.165, 1.54) is 0 Å². The molecule has 1 aliphatic heterocycles. The average molecular weight is 494 g/mol. The van der Waals surface area contributed by atoms with Crippen molar-refractivity contribution in [3.8, 4) is 0 Å². The summed E-state index contributed by atoms with van der Waals surface area (Å²) in [6, 6.07) is 7.21. The van der Waals surface area contributed by atoms with Crippen LogP contribution in [0.2, 0.25) is 0 Å². The molecule has 2 rings (SSSR count). The first-order valence-corrected chi connectivity index (χ1v) is 10.4. The molecule has 0 spiro atoms. The van der Waals surface area contributed by atoms with E-state index < -0.39 is 9.84 Å². The Morgan fingerprint density at radius 3 is 2.35 bits per heavy atom. The van der Waals surface area contributed by atoms with E-state index in [9.17, 15) is 13.2 Å². The van der Waals surface area contributed by atoms with E-state index in [1.54, 1.807) is 12.1 Å². The van der Waals surface area contributed by atoms with Crippen LogP contribution in [0.5, 0.6) is 0 Å². The molecule has 1 amide bonds. The van der Waals surface area contributed by atoms with Crippen LogP contribution < -0.4 is 16.0 Å². The van der Waals surface area contributed by atoms with Crippen molar-refractivity contribution in [2.24, 2.45) is 4.99 Å². The van der Waals surface area contributed by atoms with E-state index in [2.05, 4.69) is 20.9 Å². The highest BCUT2D eigenvalue weighted by molar-refractivity contribution is 14.0. The molecule has 0 saturated carbocycles. The second-order valence-corrected chi connectivity index (χ2v) is 8.22. The third-order valence-electron chi connectivity index (χ3n) is 3.89. The third kappa shape index (κ3) is 7.10. The molecule has 9 heteroatoms. The van der Waals surface area contributed by atoms with Crippen molar-refractivity contribution in [2.45, 2.75) is 32.9 Å². The van der Waals surface area contributed by atoms with Crippen molar-refractivity contribution < 1.29 is 13.2 Å². The van der Waals surface area contributed by atoms with Gasteiger partial charge in [0.15, 0.2) is 15.8 Å². The van der Waals surface area contributed by atoms with Crippen LogP contribution in [0.4, 0.5) is 0 Å². The lowest BCUT2D eigenvalue weighted by molar-refractivity contribution is 0.0956. The van der Waals surface area contributed by atoms with Gasteiger partial charge in [-0.25, -0.2) is 13.4 Å². The van der Waals surface area contributed by atoms with Crippen molar-refractivity contribution in [1.82, 2.24) is 16.0 Å². The Labute approximate surface area is 172 Å². The van der Waals surface area contributed by atoms with Crippen LogP contribution in [0.3, 0.4) is 0 Å². The van der Waals surface area contributed by atoms with Gasteiger partial charge in [0.05, 0.1) is 18.1 Å². The number of aliphatic imine (C=N–C) groups is 1. The molecule has 1 unspecified atom stereocenters. The van der Waals surface area contributed by atoms with Crippen molar-refractivity contribution in [3.63, 3.8) is 0 Å². The van der Waals surface area contributed by atoms with Crippen molar-refractivity contribution in [3.05, 3.63) is 35.4 Å².